The Labute approximate surface area is 226 Å². The Bertz CT molecular complexity index is 1350. The van der Waals surface area contributed by atoms with Gasteiger partial charge >= 0.3 is 13.8 Å². The van der Waals surface area contributed by atoms with Crippen LogP contribution in [0.25, 0.3) is 11.2 Å². The van der Waals surface area contributed by atoms with Gasteiger partial charge in [0.1, 0.15) is 0 Å². The lowest BCUT2D eigenvalue weighted by Crippen LogP contribution is -2.40. The Morgan fingerprint density at radius 2 is 2.03 bits per heavy atom. The summed E-state index contributed by atoms with van der Waals surface area (Å²) in [5, 5.41) is 4.70. The molecule has 0 bridgehead atoms. The molecule has 4 N–H and O–H groups in total. The van der Waals surface area contributed by atoms with E-state index < -0.39 is 19.8 Å². The fraction of sp³-hybridized carbons (Fsp3) is 0.440. The van der Waals surface area contributed by atoms with E-state index >= 15 is 0 Å². The molecule has 2 aliphatic rings. The van der Waals surface area contributed by atoms with E-state index in [9.17, 15) is 9.36 Å². The van der Waals surface area contributed by atoms with Gasteiger partial charge < -0.3 is 20.1 Å². The molecule has 0 amide bonds. The van der Waals surface area contributed by atoms with Gasteiger partial charge in [-0.05, 0) is 51.7 Å². The predicted molar refractivity (Wildman–Crippen MR) is 147 cm³/mol. The first kappa shape index (κ1) is 28.5. The van der Waals surface area contributed by atoms with Crippen LogP contribution in [0.2, 0.25) is 0 Å². The van der Waals surface area contributed by atoms with Crippen molar-refractivity contribution >= 4 is 42.4 Å². The van der Waals surface area contributed by atoms with E-state index in [0.717, 1.165) is 36.9 Å². The molecule has 2 heterocycles. The number of hydrogen-bond donors (Lipinski definition) is 3. The van der Waals surface area contributed by atoms with Crippen LogP contribution >= 0.6 is 7.82 Å². The van der Waals surface area contributed by atoms with Gasteiger partial charge in [-0.2, -0.15) is 9.97 Å². The summed E-state index contributed by atoms with van der Waals surface area (Å²) in [5.74, 6) is 0.153. The van der Waals surface area contributed by atoms with Gasteiger partial charge in [0.2, 0.25) is 5.95 Å². The van der Waals surface area contributed by atoms with E-state index in [0.29, 0.717) is 30.3 Å². The fourth-order valence-electron chi connectivity index (χ4n) is 3.99. The SMILES string of the molecule is CCON(c1ccccc1)[C@@H](C)C(=O)OP(=O)(O)OC.Nc1nc(NC2CC2)c2ncn([C@H]3C=CCC3)c2n1. The molecule has 0 radical (unpaired) electrons. The number of rotatable bonds is 10. The molecule has 3 atom stereocenters. The van der Waals surface area contributed by atoms with Crippen LogP contribution in [-0.2, 0) is 23.2 Å². The second-order valence-corrected chi connectivity index (χ2v) is 10.5. The highest BCUT2D eigenvalue weighted by atomic mass is 31.2. The molecular weight excluding hydrogens is 525 g/mol. The number of hydrogen-bond acceptors (Lipinski definition) is 11. The maximum Gasteiger partial charge on any atom is 0.529 e. The number of para-hydroxylation sites is 1. The number of fused-ring (bicyclic) bond motifs is 1. The number of carbonyl (C=O) groups is 1. The van der Waals surface area contributed by atoms with Gasteiger partial charge in [-0.1, -0.05) is 30.4 Å². The van der Waals surface area contributed by atoms with Crippen molar-refractivity contribution in [2.24, 2.45) is 0 Å². The Balaban J connectivity index is 0.000000181. The van der Waals surface area contributed by atoms with E-state index in [1.165, 1.54) is 24.8 Å². The van der Waals surface area contributed by atoms with Crippen LogP contribution in [0.3, 0.4) is 0 Å². The van der Waals surface area contributed by atoms with Crippen molar-refractivity contribution < 1.29 is 28.1 Å². The molecule has 0 aliphatic heterocycles. The van der Waals surface area contributed by atoms with Gasteiger partial charge in [-0.15, -0.1) is 0 Å². The highest BCUT2D eigenvalue weighted by molar-refractivity contribution is 7.48. The monoisotopic (exact) mass is 559 g/mol. The van der Waals surface area contributed by atoms with Crippen LogP contribution < -0.4 is 16.1 Å². The third-order valence-electron chi connectivity index (χ3n) is 6.11. The number of nitrogen functional groups attached to an aromatic ring is 1. The zero-order valence-electron chi connectivity index (χ0n) is 22.1. The molecule has 2 aliphatic carbocycles. The van der Waals surface area contributed by atoms with Crippen molar-refractivity contribution in [1.29, 1.82) is 0 Å². The Hall–Kier alpha value is -3.51. The molecule has 1 fully saturated rings. The summed E-state index contributed by atoms with van der Waals surface area (Å²) in [5.41, 5.74) is 8.10. The van der Waals surface area contributed by atoms with Crippen molar-refractivity contribution in [2.75, 3.05) is 29.8 Å². The van der Waals surface area contributed by atoms with E-state index in [1.54, 1.807) is 31.2 Å². The summed E-state index contributed by atoms with van der Waals surface area (Å²) in [6.45, 7) is 3.59. The average molecular weight is 560 g/mol. The summed E-state index contributed by atoms with van der Waals surface area (Å²) in [6.07, 6.45) is 10.8. The fourth-order valence-corrected chi connectivity index (χ4v) is 4.45. The lowest BCUT2D eigenvalue weighted by atomic mass is 10.2. The first-order valence-corrected chi connectivity index (χ1v) is 14.2. The van der Waals surface area contributed by atoms with Crippen LogP contribution in [0.1, 0.15) is 45.6 Å². The van der Waals surface area contributed by atoms with Crippen molar-refractivity contribution in [3.8, 4) is 0 Å². The van der Waals surface area contributed by atoms with Crippen LogP contribution in [0, 0.1) is 0 Å². The summed E-state index contributed by atoms with van der Waals surface area (Å²) >= 11 is 0. The normalized spacial score (nSPS) is 18.6. The van der Waals surface area contributed by atoms with Gasteiger partial charge in [0.05, 0.1) is 24.7 Å². The number of carbonyl (C=O) groups excluding carboxylic acids is 1. The topological polar surface area (TPSA) is 167 Å². The number of aromatic nitrogens is 4. The number of nitrogens with one attached hydrogen (secondary N) is 1. The number of phosphoric acid groups is 1. The molecule has 0 spiro atoms. The molecule has 3 aromatic rings. The summed E-state index contributed by atoms with van der Waals surface area (Å²) in [4.78, 5) is 39.5. The minimum Gasteiger partial charge on any atom is -0.369 e. The largest absolute Gasteiger partial charge is 0.529 e. The quantitative estimate of drug-likeness (QED) is 0.186. The Morgan fingerprint density at radius 3 is 2.64 bits per heavy atom. The maximum atomic E-state index is 11.9. The minimum absolute atomic E-state index is 0.305. The molecule has 13 nitrogen and oxygen atoms in total. The Kier molecular flexibility index (Phi) is 9.18. The van der Waals surface area contributed by atoms with Crippen LogP contribution in [0.15, 0.2) is 48.8 Å². The molecule has 39 heavy (non-hydrogen) atoms. The molecule has 0 saturated heterocycles. The Morgan fingerprint density at radius 1 is 1.28 bits per heavy atom. The smallest absolute Gasteiger partial charge is 0.369 e. The van der Waals surface area contributed by atoms with E-state index in [2.05, 4.69) is 46.0 Å². The second-order valence-electron chi connectivity index (χ2n) is 9.06. The van der Waals surface area contributed by atoms with Crippen LogP contribution in [0.4, 0.5) is 17.5 Å². The third-order valence-corrected chi connectivity index (χ3v) is 6.98. The summed E-state index contributed by atoms with van der Waals surface area (Å²) in [6, 6.07) is 8.83. The number of hydroxylamine groups is 1. The number of phosphoric ester groups is 1. The highest BCUT2D eigenvalue weighted by Crippen LogP contribution is 2.42. The van der Waals surface area contributed by atoms with E-state index in [1.807, 2.05) is 12.4 Å². The maximum absolute atomic E-state index is 11.9. The lowest BCUT2D eigenvalue weighted by Gasteiger charge is -2.28. The predicted octanol–water partition coefficient (Wildman–Crippen LogP) is 4.00. The number of imidazole rings is 1. The number of allylic oxidation sites excluding steroid dienone is 2. The number of anilines is 3. The average Bonchev–Trinajstić information content (AvgIpc) is 3.38. The van der Waals surface area contributed by atoms with Gasteiger partial charge in [0.15, 0.2) is 23.0 Å². The zero-order valence-corrected chi connectivity index (χ0v) is 23.0. The minimum atomic E-state index is -4.37. The first-order valence-electron chi connectivity index (χ1n) is 12.7. The summed E-state index contributed by atoms with van der Waals surface area (Å²) < 4.78 is 22.0. The van der Waals surface area contributed by atoms with Gasteiger partial charge in [0, 0.05) is 13.2 Å². The van der Waals surface area contributed by atoms with Crippen molar-refractivity contribution in [1.82, 2.24) is 19.5 Å². The summed E-state index contributed by atoms with van der Waals surface area (Å²) in [7, 11) is -3.38. The second kappa shape index (κ2) is 12.6. The molecule has 2 aromatic heterocycles. The molecule has 5 rings (SSSR count). The van der Waals surface area contributed by atoms with Gasteiger partial charge in [0.25, 0.3) is 0 Å². The molecule has 1 saturated carbocycles. The van der Waals surface area contributed by atoms with E-state index in [-0.39, 0.29) is 0 Å². The number of benzene rings is 1. The third kappa shape index (κ3) is 7.33. The zero-order chi connectivity index (χ0) is 28.0. The first-order chi connectivity index (χ1) is 18.7. The lowest BCUT2D eigenvalue weighted by molar-refractivity contribution is -0.139. The van der Waals surface area contributed by atoms with Gasteiger partial charge in [-0.25, -0.2) is 19.4 Å². The molecule has 210 valence electrons. The number of nitrogens with zero attached hydrogens (tertiary/aromatic N) is 5. The molecular formula is C25H34N7O6P. The van der Waals surface area contributed by atoms with Crippen molar-refractivity contribution in [3.63, 3.8) is 0 Å². The van der Waals surface area contributed by atoms with Crippen molar-refractivity contribution in [3.05, 3.63) is 48.8 Å². The van der Waals surface area contributed by atoms with Crippen LogP contribution in [-0.4, -0.2) is 56.2 Å². The van der Waals surface area contributed by atoms with E-state index in [4.69, 9.17) is 15.5 Å². The molecule has 1 unspecified atom stereocenters. The van der Waals surface area contributed by atoms with Crippen LogP contribution in [0.5, 0.6) is 0 Å². The standard InChI is InChI=1S/C13H16N6.C12H18NO6P/c14-13-17-11(16-8-5-6-8)10-12(18-13)19(7-15-10)9-3-1-2-4-9;1-4-18-13(11-8-6-5-7-9-11)10(2)12(14)19-20(15,16)17-3/h1,3,7-9H,2,4-6H2,(H3,14,16,17,18);5-10H,4H2,1-3H3,(H,15,16)/t9-;10-/m00/s1. The number of nitrogens with two attached hydrogens (primary N) is 1. The molecule has 1 aromatic carbocycles. The van der Waals surface area contributed by atoms with Crippen molar-refractivity contribution in [2.45, 2.75) is 57.7 Å². The highest BCUT2D eigenvalue weighted by Gasteiger charge is 2.31. The van der Waals surface area contributed by atoms with Gasteiger partial charge in [-0.3, -0.25) is 14.3 Å². The molecule has 14 heteroatoms.